The number of anilines is 1. The Balaban J connectivity index is 1.98. The SMILES string of the molecule is Cc1nnc(NCc2ncoc2C)s1. The second-order valence-corrected chi connectivity index (χ2v) is 4.02. The molecule has 2 aromatic rings. The van der Waals surface area contributed by atoms with Crippen molar-refractivity contribution in [1.82, 2.24) is 15.2 Å². The van der Waals surface area contributed by atoms with Gasteiger partial charge in [0.1, 0.15) is 16.5 Å². The molecule has 0 aliphatic heterocycles. The van der Waals surface area contributed by atoms with Gasteiger partial charge in [-0.15, -0.1) is 10.2 Å². The van der Waals surface area contributed by atoms with Crippen LogP contribution in [-0.4, -0.2) is 15.2 Å². The van der Waals surface area contributed by atoms with Crippen molar-refractivity contribution < 1.29 is 4.42 Å². The highest BCUT2D eigenvalue weighted by molar-refractivity contribution is 7.15. The molecule has 5 nitrogen and oxygen atoms in total. The zero-order valence-electron chi connectivity index (χ0n) is 7.94. The Labute approximate surface area is 85.2 Å². The molecular weight excluding hydrogens is 200 g/mol. The predicted molar refractivity (Wildman–Crippen MR) is 53.2 cm³/mol. The molecule has 0 saturated heterocycles. The lowest BCUT2D eigenvalue weighted by molar-refractivity contribution is 0.524. The van der Waals surface area contributed by atoms with Crippen LogP contribution in [0.2, 0.25) is 0 Å². The molecule has 0 spiro atoms. The van der Waals surface area contributed by atoms with Crippen molar-refractivity contribution in [2.24, 2.45) is 0 Å². The summed E-state index contributed by atoms with van der Waals surface area (Å²) in [6, 6.07) is 0. The number of aryl methyl sites for hydroxylation is 2. The first-order valence-corrected chi connectivity index (χ1v) is 5.00. The number of nitrogens with zero attached hydrogens (tertiary/aromatic N) is 3. The summed E-state index contributed by atoms with van der Waals surface area (Å²) in [6.45, 7) is 4.43. The number of aromatic nitrogens is 3. The van der Waals surface area contributed by atoms with Crippen molar-refractivity contribution in [3.05, 3.63) is 22.9 Å². The van der Waals surface area contributed by atoms with Crippen molar-refractivity contribution in [2.75, 3.05) is 5.32 Å². The van der Waals surface area contributed by atoms with Gasteiger partial charge in [-0.25, -0.2) is 4.98 Å². The Morgan fingerprint density at radius 3 is 2.86 bits per heavy atom. The van der Waals surface area contributed by atoms with Crippen LogP contribution in [0.15, 0.2) is 10.8 Å². The van der Waals surface area contributed by atoms with Gasteiger partial charge >= 0.3 is 0 Å². The first-order chi connectivity index (χ1) is 6.75. The van der Waals surface area contributed by atoms with Crippen LogP contribution in [0.3, 0.4) is 0 Å². The third kappa shape index (κ3) is 1.90. The van der Waals surface area contributed by atoms with E-state index in [0.717, 1.165) is 21.6 Å². The van der Waals surface area contributed by atoms with Crippen LogP contribution in [-0.2, 0) is 6.54 Å². The fourth-order valence-corrected chi connectivity index (χ4v) is 1.61. The Bertz CT molecular complexity index is 422. The highest BCUT2D eigenvalue weighted by atomic mass is 32.1. The van der Waals surface area contributed by atoms with Gasteiger partial charge in [-0.2, -0.15) is 0 Å². The molecule has 6 heteroatoms. The number of hydrogen-bond acceptors (Lipinski definition) is 6. The van der Waals surface area contributed by atoms with Crippen LogP contribution >= 0.6 is 11.3 Å². The molecule has 74 valence electrons. The van der Waals surface area contributed by atoms with E-state index in [9.17, 15) is 0 Å². The van der Waals surface area contributed by atoms with Crippen LogP contribution in [0.25, 0.3) is 0 Å². The summed E-state index contributed by atoms with van der Waals surface area (Å²) < 4.78 is 5.07. The summed E-state index contributed by atoms with van der Waals surface area (Å²) in [5.41, 5.74) is 0.901. The van der Waals surface area contributed by atoms with Gasteiger partial charge in [0.15, 0.2) is 6.39 Å². The standard InChI is InChI=1S/C8H10N4OS/c1-5-7(10-4-13-5)3-9-8-12-11-6(2)14-8/h4H,3H2,1-2H3,(H,9,12). The average molecular weight is 210 g/mol. The number of rotatable bonds is 3. The first-order valence-electron chi connectivity index (χ1n) is 4.18. The van der Waals surface area contributed by atoms with E-state index in [1.807, 2.05) is 13.8 Å². The summed E-state index contributed by atoms with van der Waals surface area (Å²) in [6.07, 6.45) is 1.44. The van der Waals surface area contributed by atoms with Gasteiger partial charge in [0.25, 0.3) is 0 Å². The largest absolute Gasteiger partial charge is 0.448 e. The molecule has 1 N–H and O–H groups in total. The minimum Gasteiger partial charge on any atom is -0.448 e. The second kappa shape index (κ2) is 3.75. The Hall–Kier alpha value is -1.43. The van der Waals surface area contributed by atoms with Crippen LogP contribution in [0.4, 0.5) is 5.13 Å². The maximum absolute atomic E-state index is 5.07. The molecule has 2 heterocycles. The molecule has 0 bridgehead atoms. The molecule has 0 atom stereocenters. The minimum atomic E-state index is 0.622. The van der Waals surface area contributed by atoms with E-state index in [0.29, 0.717) is 6.54 Å². The van der Waals surface area contributed by atoms with E-state index >= 15 is 0 Å². The third-order valence-corrected chi connectivity index (χ3v) is 2.57. The fraction of sp³-hybridized carbons (Fsp3) is 0.375. The summed E-state index contributed by atoms with van der Waals surface area (Å²) in [5.74, 6) is 0.832. The van der Waals surface area contributed by atoms with Crippen molar-refractivity contribution in [1.29, 1.82) is 0 Å². The molecule has 0 saturated carbocycles. The molecule has 0 radical (unpaired) electrons. The monoisotopic (exact) mass is 210 g/mol. The van der Waals surface area contributed by atoms with Crippen LogP contribution in [0.5, 0.6) is 0 Å². The maximum Gasteiger partial charge on any atom is 0.205 e. The summed E-state index contributed by atoms with van der Waals surface area (Å²) >= 11 is 1.52. The van der Waals surface area contributed by atoms with Crippen molar-refractivity contribution >= 4 is 16.5 Å². The Kier molecular flexibility index (Phi) is 2.45. The van der Waals surface area contributed by atoms with E-state index in [-0.39, 0.29) is 0 Å². The molecule has 0 aromatic carbocycles. The van der Waals surface area contributed by atoms with E-state index in [1.165, 1.54) is 17.7 Å². The van der Waals surface area contributed by atoms with E-state index in [1.54, 1.807) is 0 Å². The minimum absolute atomic E-state index is 0.622. The van der Waals surface area contributed by atoms with E-state index < -0.39 is 0 Å². The molecule has 2 aromatic heterocycles. The van der Waals surface area contributed by atoms with Crippen molar-refractivity contribution in [3.63, 3.8) is 0 Å². The van der Waals surface area contributed by atoms with Gasteiger partial charge in [0.2, 0.25) is 5.13 Å². The molecule has 0 amide bonds. The van der Waals surface area contributed by atoms with Crippen molar-refractivity contribution in [3.8, 4) is 0 Å². The highest BCUT2D eigenvalue weighted by Gasteiger charge is 2.04. The lowest BCUT2D eigenvalue weighted by atomic mass is 10.4. The van der Waals surface area contributed by atoms with Crippen LogP contribution in [0.1, 0.15) is 16.5 Å². The topological polar surface area (TPSA) is 63.8 Å². The Morgan fingerprint density at radius 2 is 2.29 bits per heavy atom. The summed E-state index contributed by atoms with van der Waals surface area (Å²) in [7, 11) is 0. The van der Waals surface area contributed by atoms with Gasteiger partial charge in [-0.1, -0.05) is 11.3 Å². The molecular formula is C8H10N4OS. The highest BCUT2D eigenvalue weighted by Crippen LogP contribution is 2.15. The normalized spacial score (nSPS) is 10.4. The number of hydrogen-bond donors (Lipinski definition) is 1. The molecule has 2 rings (SSSR count). The molecule has 0 fully saturated rings. The molecule has 0 unspecified atom stereocenters. The summed E-state index contributed by atoms with van der Waals surface area (Å²) in [4.78, 5) is 4.06. The smallest absolute Gasteiger partial charge is 0.205 e. The lowest BCUT2D eigenvalue weighted by Crippen LogP contribution is -2.00. The predicted octanol–water partition coefficient (Wildman–Crippen LogP) is 1.76. The Morgan fingerprint density at radius 1 is 1.43 bits per heavy atom. The third-order valence-electron chi connectivity index (χ3n) is 1.78. The average Bonchev–Trinajstić information content (AvgIpc) is 2.72. The van der Waals surface area contributed by atoms with Gasteiger partial charge in [-0.05, 0) is 13.8 Å². The van der Waals surface area contributed by atoms with Gasteiger partial charge in [0.05, 0.1) is 6.54 Å². The van der Waals surface area contributed by atoms with Gasteiger partial charge in [0, 0.05) is 0 Å². The zero-order chi connectivity index (χ0) is 9.97. The first kappa shape index (κ1) is 9.14. The van der Waals surface area contributed by atoms with E-state index in [4.69, 9.17) is 4.42 Å². The second-order valence-electron chi connectivity index (χ2n) is 2.84. The maximum atomic E-state index is 5.07. The zero-order valence-corrected chi connectivity index (χ0v) is 8.76. The molecule has 0 aliphatic rings. The number of nitrogens with one attached hydrogen (secondary N) is 1. The molecule has 14 heavy (non-hydrogen) atoms. The van der Waals surface area contributed by atoms with E-state index in [2.05, 4.69) is 20.5 Å². The van der Waals surface area contributed by atoms with Crippen LogP contribution < -0.4 is 5.32 Å². The fourth-order valence-electron chi connectivity index (χ4n) is 1.03. The quantitative estimate of drug-likeness (QED) is 0.836. The lowest BCUT2D eigenvalue weighted by Gasteiger charge is -1.97. The van der Waals surface area contributed by atoms with Gasteiger partial charge in [-0.3, -0.25) is 0 Å². The van der Waals surface area contributed by atoms with Crippen LogP contribution in [0, 0.1) is 13.8 Å². The molecule has 0 aliphatic carbocycles. The number of oxazole rings is 1. The van der Waals surface area contributed by atoms with Gasteiger partial charge < -0.3 is 9.73 Å². The van der Waals surface area contributed by atoms with Crippen molar-refractivity contribution in [2.45, 2.75) is 20.4 Å². The summed E-state index contributed by atoms with van der Waals surface area (Å²) in [5, 5.41) is 12.7.